The molecule has 2 heterocycles. The summed E-state index contributed by atoms with van der Waals surface area (Å²) < 4.78 is 5.11. The second kappa shape index (κ2) is 2.99. The van der Waals surface area contributed by atoms with E-state index >= 15 is 0 Å². The third-order valence-corrected chi connectivity index (χ3v) is 2.58. The number of rotatable bonds is 1. The molecule has 13 heavy (non-hydrogen) atoms. The average molecular weight is 185 g/mol. The summed E-state index contributed by atoms with van der Waals surface area (Å²) in [7, 11) is 0. The lowest BCUT2D eigenvalue weighted by Crippen LogP contribution is -2.50. The summed E-state index contributed by atoms with van der Waals surface area (Å²) >= 11 is 0. The first-order chi connectivity index (χ1) is 6.18. The van der Waals surface area contributed by atoms with Gasteiger partial charge in [-0.1, -0.05) is 0 Å². The monoisotopic (exact) mass is 185 g/mol. The minimum absolute atomic E-state index is 0.0551. The molecule has 0 aromatic heterocycles. The quantitative estimate of drug-likeness (QED) is 0.595. The van der Waals surface area contributed by atoms with Gasteiger partial charge in [0.25, 0.3) is 0 Å². The molecule has 0 bridgehead atoms. The standard InChI is InChI=1S/C8H11NO4/c10-7-2-1-5-4-13-6(8(11)12)3-9(5)7/h5-6H,1-4H2,(H,11,12)/t5-,6-/m1/s1. The van der Waals surface area contributed by atoms with Crippen molar-refractivity contribution < 1.29 is 19.4 Å². The Hall–Kier alpha value is -1.10. The van der Waals surface area contributed by atoms with Gasteiger partial charge in [0, 0.05) is 6.42 Å². The molecule has 0 spiro atoms. The number of aliphatic carboxylic acids is 1. The smallest absolute Gasteiger partial charge is 0.334 e. The number of hydrogen-bond acceptors (Lipinski definition) is 3. The van der Waals surface area contributed by atoms with Crippen LogP contribution in [0, 0.1) is 0 Å². The number of carboxylic acid groups (broad SMARTS) is 1. The van der Waals surface area contributed by atoms with Crippen molar-refractivity contribution in [2.24, 2.45) is 0 Å². The lowest BCUT2D eigenvalue weighted by molar-refractivity contribution is -0.160. The van der Waals surface area contributed by atoms with Gasteiger partial charge in [0.05, 0.1) is 19.2 Å². The Bertz CT molecular complexity index is 253. The van der Waals surface area contributed by atoms with E-state index < -0.39 is 12.1 Å². The zero-order valence-corrected chi connectivity index (χ0v) is 7.10. The summed E-state index contributed by atoms with van der Waals surface area (Å²) in [5.74, 6) is -0.933. The normalized spacial score (nSPS) is 33.2. The first kappa shape index (κ1) is 8.50. The van der Waals surface area contributed by atoms with Crippen LogP contribution in [0.3, 0.4) is 0 Å². The first-order valence-electron chi connectivity index (χ1n) is 4.32. The van der Waals surface area contributed by atoms with Crippen molar-refractivity contribution in [3.05, 3.63) is 0 Å². The van der Waals surface area contributed by atoms with Crippen molar-refractivity contribution >= 4 is 11.9 Å². The highest BCUT2D eigenvalue weighted by molar-refractivity contribution is 5.80. The van der Waals surface area contributed by atoms with E-state index in [9.17, 15) is 9.59 Å². The molecule has 0 aromatic rings. The van der Waals surface area contributed by atoms with Crippen LogP contribution in [0.1, 0.15) is 12.8 Å². The summed E-state index contributed by atoms with van der Waals surface area (Å²) in [4.78, 5) is 23.5. The minimum Gasteiger partial charge on any atom is -0.479 e. The Balaban J connectivity index is 2.05. The zero-order valence-electron chi connectivity index (χ0n) is 7.10. The molecule has 2 fully saturated rings. The number of carbonyl (C=O) groups is 2. The molecule has 72 valence electrons. The van der Waals surface area contributed by atoms with E-state index in [1.54, 1.807) is 4.90 Å². The van der Waals surface area contributed by atoms with Gasteiger partial charge in [0.2, 0.25) is 5.91 Å². The van der Waals surface area contributed by atoms with Crippen molar-refractivity contribution in [1.82, 2.24) is 4.90 Å². The van der Waals surface area contributed by atoms with Gasteiger partial charge in [0.1, 0.15) is 0 Å². The van der Waals surface area contributed by atoms with Gasteiger partial charge in [0.15, 0.2) is 6.10 Å². The average Bonchev–Trinajstić information content (AvgIpc) is 2.47. The third-order valence-electron chi connectivity index (χ3n) is 2.58. The highest BCUT2D eigenvalue weighted by Crippen LogP contribution is 2.23. The van der Waals surface area contributed by atoms with Crippen molar-refractivity contribution in [3.8, 4) is 0 Å². The van der Waals surface area contributed by atoms with Crippen LogP contribution in [0.25, 0.3) is 0 Å². The van der Waals surface area contributed by atoms with Gasteiger partial charge < -0.3 is 14.7 Å². The molecule has 2 aliphatic heterocycles. The summed E-state index contributed by atoms with van der Waals surface area (Å²) in [6.07, 6.45) is 0.490. The van der Waals surface area contributed by atoms with Crippen LogP contribution in [0.4, 0.5) is 0 Å². The second-order valence-corrected chi connectivity index (χ2v) is 3.40. The number of fused-ring (bicyclic) bond motifs is 1. The van der Waals surface area contributed by atoms with Gasteiger partial charge in [-0.2, -0.15) is 0 Å². The van der Waals surface area contributed by atoms with Crippen molar-refractivity contribution in [2.45, 2.75) is 25.0 Å². The molecule has 0 radical (unpaired) electrons. The topological polar surface area (TPSA) is 66.8 Å². The maximum atomic E-state index is 11.3. The molecule has 2 aliphatic rings. The van der Waals surface area contributed by atoms with E-state index in [1.165, 1.54) is 0 Å². The maximum absolute atomic E-state index is 11.3. The summed E-state index contributed by atoms with van der Waals surface area (Å²) in [6, 6.07) is 0.114. The highest BCUT2D eigenvalue weighted by atomic mass is 16.5. The van der Waals surface area contributed by atoms with Crippen LogP contribution in [-0.4, -0.2) is 47.2 Å². The van der Waals surface area contributed by atoms with Gasteiger partial charge in [-0.15, -0.1) is 0 Å². The molecule has 2 saturated heterocycles. The lowest BCUT2D eigenvalue weighted by atomic mass is 10.2. The molecule has 2 atom stereocenters. The van der Waals surface area contributed by atoms with E-state index in [-0.39, 0.29) is 18.5 Å². The number of amides is 1. The highest BCUT2D eigenvalue weighted by Gasteiger charge is 2.39. The van der Waals surface area contributed by atoms with E-state index in [0.29, 0.717) is 13.0 Å². The molecular weight excluding hydrogens is 174 g/mol. The third kappa shape index (κ3) is 1.39. The van der Waals surface area contributed by atoms with E-state index in [2.05, 4.69) is 0 Å². The van der Waals surface area contributed by atoms with E-state index in [4.69, 9.17) is 9.84 Å². The van der Waals surface area contributed by atoms with Gasteiger partial charge in [-0.05, 0) is 6.42 Å². The number of nitrogens with zero attached hydrogens (tertiary/aromatic N) is 1. The van der Waals surface area contributed by atoms with Crippen molar-refractivity contribution in [3.63, 3.8) is 0 Å². The van der Waals surface area contributed by atoms with Gasteiger partial charge in [-0.25, -0.2) is 4.79 Å². The van der Waals surface area contributed by atoms with Crippen molar-refractivity contribution in [1.29, 1.82) is 0 Å². The SMILES string of the molecule is O=C(O)[C@H]1CN2C(=O)CC[C@@H]2CO1. The van der Waals surface area contributed by atoms with Gasteiger partial charge in [-0.3, -0.25) is 4.79 Å². The number of morpholine rings is 1. The Labute approximate surface area is 75.3 Å². The zero-order chi connectivity index (χ0) is 9.42. The molecule has 1 N–H and O–H groups in total. The Kier molecular flexibility index (Phi) is 1.95. The molecule has 0 saturated carbocycles. The van der Waals surface area contributed by atoms with Crippen LogP contribution in [0.2, 0.25) is 0 Å². The Morgan fingerprint density at radius 2 is 2.38 bits per heavy atom. The predicted octanol–water partition coefficient (Wildman–Crippen LogP) is -0.539. The van der Waals surface area contributed by atoms with Crippen LogP contribution < -0.4 is 0 Å². The number of ether oxygens (including phenoxy) is 1. The van der Waals surface area contributed by atoms with Crippen LogP contribution in [0.15, 0.2) is 0 Å². The van der Waals surface area contributed by atoms with Crippen molar-refractivity contribution in [2.75, 3.05) is 13.2 Å². The number of carboxylic acids is 1. The Morgan fingerprint density at radius 1 is 1.62 bits per heavy atom. The van der Waals surface area contributed by atoms with Crippen LogP contribution >= 0.6 is 0 Å². The largest absolute Gasteiger partial charge is 0.479 e. The van der Waals surface area contributed by atoms with Crippen LogP contribution in [0.5, 0.6) is 0 Å². The van der Waals surface area contributed by atoms with E-state index in [0.717, 1.165) is 6.42 Å². The summed E-state index contributed by atoms with van der Waals surface area (Å²) in [5.41, 5.74) is 0. The molecule has 5 heteroatoms. The lowest BCUT2D eigenvalue weighted by Gasteiger charge is -2.33. The molecule has 2 rings (SSSR count). The first-order valence-corrected chi connectivity index (χ1v) is 4.32. The number of carbonyl (C=O) groups excluding carboxylic acids is 1. The Morgan fingerprint density at radius 3 is 3.08 bits per heavy atom. The molecule has 1 amide bonds. The molecule has 0 aliphatic carbocycles. The fraction of sp³-hybridized carbons (Fsp3) is 0.750. The fourth-order valence-electron chi connectivity index (χ4n) is 1.83. The number of hydrogen-bond donors (Lipinski definition) is 1. The van der Waals surface area contributed by atoms with E-state index in [1.807, 2.05) is 0 Å². The minimum atomic E-state index is -0.988. The molecule has 5 nitrogen and oxygen atoms in total. The summed E-state index contributed by atoms with van der Waals surface area (Å²) in [5, 5.41) is 8.68. The second-order valence-electron chi connectivity index (χ2n) is 3.40. The molecule has 0 unspecified atom stereocenters. The van der Waals surface area contributed by atoms with Gasteiger partial charge >= 0.3 is 5.97 Å². The fourth-order valence-corrected chi connectivity index (χ4v) is 1.83. The summed E-state index contributed by atoms with van der Waals surface area (Å²) in [6.45, 7) is 0.571. The maximum Gasteiger partial charge on any atom is 0.334 e. The van der Waals surface area contributed by atoms with Crippen LogP contribution in [-0.2, 0) is 14.3 Å². The molecule has 0 aromatic carbocycles. The predicted molar refractivity (Wildman–Crippen MR) is 42.1 cm³/mol. The molecular formula is C8H11NO4.